The van der Waals surface area contributed by atoms with Crippen LogP contribution in [0.15, 0.2) is 17.5 Å². The lowest BCUT2D eigenvalue weighted by Gasteiger charge is -2.15. The van der Waals surface area contributed by atoms with Crippen molar-refractivity contribution < 1.29 is 8.42 Å². The summed E-state index contributed by atoms with van der Waals surface area (Å²) < 4.78 is 25.4. The summed E-state index contributed by atoms with van der Waals surface area (Å²) in [6.45, 7) is 1.06. The van der Waals surface area contributed by atoms with E-state index in [1.54, 1.807) is 11.3 Å². The summed E-state index contributed by atoms with van der Waals surface area (Å²) in [4.78, 5) is 1.12. The average molecular weight is 260 g/mol. The fourth-order valence-corrected chi connectivity index (χ4v) is 4.20. The molecule has 1 aliphatic heterocycles. The van der Waals surface area contributed by atoms with Gasteiger partial charge in [0.25, 0.3) is 0 Å². The molecular weight excluding hydrogens is 244 g/mol. The maximum Gasteiger partial charge on any atom is 0.214 e. The van der Waals surface area contributed by atoms with Crippen LogP contribution in [-0.2, 0) is 16.4 Å². The molecular formula is C10H16N2O2S2. The van der Waals surface area contributed by atoms with Crippen molar-refractivity contribution in [1.29, 1.82) is 0 Å². The third-order valence-corrected chi connectivity index (χ3v) is 5.54. The molecule has 2 heterocycles. The molecule has 1 atom stereocenters. The number of sulfonamides is 1. The number of nitrogens with zero attached hydrogens (tertiary/aromatic N) is 1. The SMILES string of the molecule is N[C@H]1CCN(S(=O)(=O)CCc2cccs2)C1. The van der Waals surface area contributed by atoms with Crippen molar-refractivity contribution in [3.8, 4) is 0 Å². The van der Waals surface area contributed by atoms with E-state index in [1.165, 1.54) is 4.31 Å². The monoisotopic (exact) mass is 260 g/mol. The highest BCUT2D eigenvalue weighted by atomic mass is 32.2. The van der Waals surface area contributed by atoms with Crippen LogP contribution in [0, 0.1) is 0 Å². The second kappa shape index (κ2) is 4.83. The van der Waals surface area contributed by atoms with E-state index in [1.807, 2.05) is 17.5 Å². The summed E-state index contributed by atoms with van der Waals surface area (Å²) in [6, 6.07) is 3.92. The van der Waals surface area contributed by atoms with Gasteiger partial charge in [-0.3, -0.25) is 0 Å². The molecule has 0 spiro atoms. The van der Waals surface area contributed by atoms with Gasteiger partial charge in [0.2, 0.25) is 10.0 Å². The summed E-state index contributed by atoms with van der Waals surface area (Å²) in [7, 11) is -3.11. The van der Waals surface area contributed by atoms with Gasteiger partial charge in [-0.2, -0.15) is 0 Å². The Hall–Kier alpha value is -0.430. The average Bonchev–Trinajstić information content (AvgIpc) is 2.85. The number of hydrogen-bond acceptors (Lipinski definition) is 4. The Morgan fingerprint density at radius 1 is 1.56 bits per heavy atom. The first kappa shape index (κ1) is 12.0. The lowest BCUT2D eigenvalue weighted by molar-refractivity contribution is 0.472. The van der Waals surface area contributed by atoms with Gasteiger partial charge in [0, 0.05) is 24.0 Å². The Labute approximate surface area is 100 Å². The van der Waals surface area contributed by atoms with Crippen LogP contribution in [0.2, 0.25) is 0 Å². The minimum Gasteiger partial charge on any atom is -0.326 e. The Bertz CT molecular complexity index is 428. The molecule has 2 rings (SSSR count). The van der Waals surface area contributed by atoms with E-state index < -0.39 is 10.0 Å². The van der Waals surface area contributed by atoms with Gasteiger partial charge in [-0.15, -0.1) is 11.3 Å². The van der Waals surface area contributed by atoms with Crippen LogP contribution in [0.25, 0.3) is 0 Å². The molecule has 0 radical (unpaired) electrons. The van der Waals surface area contributed by atoms with E-state index in [0.29, 0.717) is 19.5 Å². The fourth-order valence-electron chi connectivity index (χ4n) is 1.82. The first-order valence-electron chi connectivity index (χ1n) is 5.34. The third-order valence-electron chi connectivity index (χ3n) is 2.77. The maximum absolute atomic E-state index is 11.9. The molecule has 1 aliphatic rings. The van der Waals surface area contributed by atoms with Gasteiger partial charge in [-0.05, 0) is 24.3 Å². The second-order valence-corrected chi connectivity index (χ2v) is 7.17. The minimum absolute atomic E-state index is 0.0107. The van der Waals surface area contributed by atoms with Gasteiger partial charge in [0.1, 0.15) is 0 Å². The molecule has 0 bridgehead atoms. The summed E-state index contributed by atoms with van der Waals surface area (Å²) in [5, 5.41) is 1.97. The van der Waals surface area contributed by atoms with Crippen LogP contribution in [0.1, 0.15) is 11.3 Å². The van der Waals surface area contributed by atoms with Crippen LogP contribution in [0.5, 0.6) is 0 Å². The van der Waals surface area contributed by atoms with Crippen molar-refractivity contribution in [2.24, 2.45) is 5.73 Å². The zero-order valence-corrected chi connectivity index (χ0v) is 10.6. The van der Waals surface area contributed by atoms with Gasteiger partial charge in [-0.25, -0.2) is 12.7 Å². The van der Waals surface area contributed by atoms with Crippen molar-refractivity contribution in [2.75, 3.05) is 18.8 Å². The molecule has 0 aromatic carbocycles. The normalized spacial score (nSPS) is 22.7. The predicted molar refractivity (Wildman–Crippen MR) is 66.0 cm³/mol. The van der Waals surface area contributed by atoms with Crippen molar-refractivity contribution >= 4 is 21.4 Å². The molecule has 2 N–H and O–H groups in total. The minimum atomic E-state index is -3.11. The zero-order chi connectivity index (χ0) is 11.6. The molecule has 90 valence electrons. The lowest BCUT2D eigenvalue weighted by Crippen LogP contribution is -2.34. The summed E-state index contributed by atoms with van der Waals surface area (Å²) in [6.07, 6.45) is 1.38. The molecule has 0 saturated carbocycles. The van der Waals surface area contributed by atoms with Crippen molar-refractivity contribution in [3.63, 3.8) is 0 Å². The fraction of sp³-hybridized carbons (Fsp3) is 0.600. The standard InChI is InChI=1S/C10H16N2O2S2/c11-9-3-5-12(8-9)16(13,14)7-4-10-2-1-6-15-10/h1-2,6,9H,3-5,7-8,11H2/t9-/m0/s1. The molecule has 1 saturated heterocycles. The largest absolute Gasteiger partial charge is 0.326 e. The van der Waals surface area contributed by atoms with Crippen LogP contribution >= 0.6 is 11.3 Å². The quantitative estimate of drug-likeness (QED) is 0.864. The van der Waals surface area contributed by atoms with Gasteiger partial charge in [0.15, 0.2) is 0 Å². The van der Waals surface area contributed by atoms with Crippen LogP contribution in [0.3, 0.4) is 0 Å². The zero-order valence-electron chi connectivity index (χ0n) is 9.00. The first-order chi connectivity index (χ1) is 7.58. The molecule has 4 nitrogen and oxygen atoms in total. The molecule has 0 amide bonds. The Morgan fingerprint density at radius 2 is 2.38 bits per heavy atom. The summed E-state index contributed by atoms with van der Waals surface area (Å²) >= 11 is 1.60. The van der Waals surface area contributed by atoms with E-state index >= 15 is 0 Å². The molecule has 6 heteroatoms. The molecule has 1 fully saturated rings. The van der Waals surface area contributed by atoms with Crippen molar-refractivity contribution in [2.45, 2.75) is 18.9 Å². The van der Waals surface area contributed by atoms with E-state index in [-0.39, 0.29) is 11.8 Å². The Morgan fingerprint density at radius 3 is 2.94 bits per heavy atom. The molecule has 0 unspecified atom stereocenters. The molecule has 1 aromatic heterocycles. The number of thiophene rings is 1. The van der Waals surface area contributed by atoms with E-state index in [4.69, 9.17) is 5.73 Å². The highest BCUT2D eigenvalue weighted by molar-refractivity contribution is 7.89. The summed E-state index contributed by atoms with van der Waals surface area (Å²) in [5.74, 6) is 0.195. The maximum atomic E-state index is 11.9. The highest BCUT2D eigenvalue weighted by Gasteiger charge is 2.29. The number of aryl methyl sites for hydroxylation is 1. The lowest BCUT2D eigenvalue weighted by atomic mass is 10.3. The van der Waals surface area contributed by atoms with Crippen LogP contribution < -0.4 is 5.73 Å². The smallest absolute Gasteiger partial charge is 0.214 e. The van der Waals surface area contributed by atoms with Gasteiger partial charge in [-0.1, -0.05) is 6.07 Å². The van der Waals surface area contributed by atoms with Crippen molar-refractivity contribution in [3.05, 3.63) is 22.4 Å². The van der Waals surface area contributed by atoms with Gasteiger partial charge < -0.3 is 5.73 Å². The van der Waals surface area contributed by atoms with Crippen molar-refractivity contribution in [1.82, 2.24) is 4.31 Å². The number of hydrogen-bond donors (Lipinski definition) is 1. The van der Waals surface area contributed by atoms with Gasteiger partial charge >= 0.3 is 0 Å². The van der Waals surface area contributed by atoms with E-state index in [9.17, 15) is 8.42 Å². The molecule has 16 heavy (non-hydrogen) atoms. The molecule has 0 aliphatic carbocycles. The van der Waals surface area contributed by atoms with E-state index in [0.717, 1.165) is 11.3 Å². The highest BCUT2D eigenvalue weighted by Crippen LogP contribution is 2.15. The number of nitrogens with two attached hydrogens (primary N) is 1. The first-order valence-corrected chi connectivity index (χ1v) is 7.82. The van der Waals surface area contributed by atoms with E-state index in [2.05, 4.69) is 0 Å². The number of rotatable bonds is 4. The Kier molecular flexibility index (Phi) is 3.63. The third kappa shape index (κ3) is 2.82. The van der Waals surface area contributed by atoms with Crippen LogP contribution in [-0.4, -0.2) is 37.6 Å². The van der Waals surface area contributed by atoms with Crippen LogP contribution in [0.4, 0.5) is 0 Å². The topological polar surface area (TPSA) is 63.4 Å². The molecule has 1 aromatic rings. The predicted octanol–water partition coefficient (Wildman–Crippen LogP) is 0.653. The Balaban J connectivity index is 1.93. The van der Waals surface area contributed by atoms with Gasteiger partial charge in [0.05, 0.1) is 5.75 Å². The summed E-state index contributed by atoms with van der Waals surface area (Å²) in [5.41, 5.74) is 5.71. The second-order valence-electron chi connectivity index (χ2n) is 4.05.